The van der Waals surface area contributed by atoms with Crippen LogP contribution in [0, 0.1) is 6.92 Å². The van der Waals surface area contributed by atoms with E-state index in [1.165, 1.54) is 16.3 Å². The molecule has 88 valence electrons. The molecule has 0 fully saturated rings. The Morgan fingerprint density at radius 1 is 0.889 bits per heavy atom. The molecule has 0 atom stereocenters. The zero-order chi connectivity index (χ0) is 12.5. The lowest BCUT2D eigenvalue weighted by Gasteiger charge is -2.04. The highest BCUT2D eigenvalue weighted by atomic mass is 32.1. The van der Waals surface area contributed by atoms with Crippen LogP contribution < -0.4 is 0 Å². The van der Waals surface area contributed by atoms with Crippen LogP contribution in [-0.2, 0) is 0 Å². The number of rotatable bonds is 1. The lowest BCUT2D eigenvalue weighted by atomic mass is 10.0. The van der Waals surface area contributed by atoms with Gasteiger partial charge in [-0.05, 0) is 35.9 Å². The third kappa shape index (κ3) is 2.12. The minimum Gasteiger partial charge on any atom is -0.255 e. The van der Waals surface area contributed by atoms with Gasteiger partial charge in [0, 0.05) is 16.7 Å². The molecule has 1 nitrogen and oxygen atoms in total. The summed E-state index contributed by atoms with van der Waals surface area (Å²) in [6, 6.07) is 16.9. The fourth-order valence-electron chi connectivity index (χ4n) is 2.08. The molecule has 0 aliphatic carbocycles. The zero-order valence-corrected chi connectivity index (χ0v) is 11.0. The van der Waals surface area contributed by atoms with Crippen LogP contribution in [0.2, 0.25) is 0 Å². The van der Waals surface area contributed by atoms with Crippen LogP contribution in [0.4, 0.5) is 0 Å². The molecule has 2 aromatic carbocycles. The fourth-order valence-corrected chi connectivity index (χ4v) is 2.21. The Bertz CT molecular complexity index is 702. The van der Waals surface area contributed by atoms with Gasteiger partial charge in [-0.25, -0.2) is 0 Å². The van der Waals surface area contributed by atoms with Crippen LogP contribution >= 0.6 is 12.6 Å². The number of hydrogen-bond acceptors (Lipinski definition) is 2. The standard InChI is InChI=1S/C16H13NS/c1-11-2-3-13-9-14(5-4-12(13)8-11)16-7-6-15(18)10-17-16/h2-10,18H,1H3. The third-order valence-corrected chi connectivity index (χ3v) is 3.30. The largest absolute Gasteiger partial charge is 0.255 e. The van der Waals surface area contributed by atoms with E-state index < -0.39 is 0 Å². The van der Waals surface area contributed by atoms with Crippen LogP contribution in [0.15, 0.2) is 59.6 Å². The Morgan fingerprint density at radius 3 is 2.44 bits per heavy atom. The molecule has 0 radical (unpaired) electrons. The molecule has 1 heterocycles. The van der Waals surface area contributed by atoms with Gasteiger partial charge in [0.1, 0.15) is 0 Å². The number of aryl methyl sites for hydroxylation is 1. The van der Waals surface area contributed by atoms with Gasteiger partial charge in [-0.1, -0.05) is 35.9 Å². The van der Waals surface area contributed by atoms with Crippen molar-refractivity contribution >= 4 is 23.4 Å². The van der Waals surface area contributed by atoms with Gasteiger partial charge in [0.25, 0.3) is 0 Å². The van der Waals surface area contributed by atoms with Crippen LogP contribution in [0.5, 0.6) is 0 Å². The molecule has 1 aromatic heterocycles. The Morgan fingerprint density at radius 2 is 1.67 bits per heavy atom. The average molecular weight is 251 g/mol. The molecule has 0 saturated heterocycles. The van der Waals surface area contributed by atoms with Crippen molar-refractivity contribution in [1.82, 2.24) is 4.98 Å². The predicted molar refractivity (Wildman–Crippen MR) is 79.2 cm³/mol. The fraction of sp³-hybridized carbons (Fsp3) is 0.0625. The van der Waals surface area contributed by atoms with Gasteiger partial charge >= 0.3 is 0 Å². The van der Waals surface area contributed by atoms with E-state index in [1.54, 1.807) is 6.20 Å². The molecule has 0 aliphatic heterocycles. The van der Waals surface area contributed by atoms with Crippen LogP contribution in [0.3, 0.4) is 0 Å². The SMILES string of the molecule is Cc1ccc2cc(-c3ccc(S)cn3)ccc2c1. The van der Waals surface area contributed by atoms with E-state index in [1.807, 2.05) is 12.1 Å². The summed E-state index contributed by atoms with van der Waals surface area (Å²) in [6.45, 7) is 2.11. The highest BCUT2D eigenvalue weighted by molar-refractivity contribution is 7.80. The molecule has 3 aromatic rings. The smallest absolute Gasteiger partial charge is 0.0703 e. The molecule has 0 unspecified atom stereocenters. The second-order valence-corrected chi connectivity index (χ2v) is 4.98. The van der Waals surface area contributed by atoms with Gasteiger partial charge < -0.3 is 0 Å². The van der Waals surface area contributed by atoms with Crippen LogP contribution in [0.25, 0.3) is 22.0 Å². The Hall–Kier alpha value is -1.80. The molecule has 0 aliphatic rings. The number of nitrogens with zero attached hydrogens (tertiary/aromatic N) is 1. The molecule has 0 spiro atoms. The minimum absolute atomic E-state index is 0.884. The number of pyridine rings is 1. The number of fused-ring (bicyclic) bond motifs is 1. The zero-order valence-electron chi connectivity index (χ0n) is 10.1. The maximum absolute atomic E-state index is 4.40. The van der Waals surface area contributed by atoms with Gasteiger partial charge in [0.2, 0.25) is 0 Å². The molecule has 0 N–H and O–H groups in total. The lowest BCUT2D eigenvalue weighted by molar-refractivity contribution is 1.25. The Balaban J connectivity index is 2.13. The number of thiol groups is 1. The van der Waals surface area contributed by atoms with E-state index in [0.717, 1.165) is 16.2 Å². The van der Waals surface area contributed by atoms with Gasteiger partial charge in [-0.2, -0.15) is 0 Å². The summed E-state index contributed by atoms with van der Waals surface area (Å²) in [6.07, 6.45) is 1.78. The van der Waals surface area contributed by atoms with Crippen LogP contribution in [0.1, 0.15) is 5.56 Å². The van der Waals surface area contributed by atoms with E-state index in [-0.39, 0.29) is 0 Å². The van der Waals surface area contributed by atoms with Crippen molar-refractivity contribution < 1.29 is 0 Å². The van der Waals surface area contributed by atoms with Gasteiger partial charge in [0.05, 0.1) is 5.69 Å². The summed E-state index contributed by atoms with van der Waals surface area (Å²) in [4.78, 5) is 5.28. The number of aromatic nitrogens is 1. The molecule has 3 rings (SSSR count). The Labute approximate surface area is 112 Å². The average Bonchev–Trinajstić information content (AvgIpc) is 2.39. The quantitative estimate of drug-likeness (QED) is 0.628. The first-order valence-electron chi connectivity index (χ1n) is 5.88. The van der Waals surface area contributed by atoms with Gasteiger partial charge in [-0.15, -0.1) is 12.6 Å². The van der Waals surface area contributed by atoms with Crippen molar-refractivity contribution in [2.45, 2.75) is 11.8 Å². The summed E-state index contributed by atoms with van der Waals surface area (Å²) in [5.74, 6) is 0. The molecular weight excluding hydrogens is 238 g/mol. The number of benzene rings is 2. The van der Waals surface area contributed by atoms with Crippen molar-refractivity contribution in [2.75, 3.05) is 0 Å². The monoisotopic (exact) mass is 251 g/mol. The third-order valence-electron chi connectivity index (χ3n) is 3.04. The maximum atomic E-state index is 4.40. The molecule has 18 heavy (non-hydrogen) atoms. The predicted octanol–water partition coefficient (Wildman–Crippen LogP) is 4.50. The van der Waals surface area contributed by atoms with E-state index in [4.69, 9.17) is 0 Å². The first-order chi connectivity index (χ1) is 8.72. The first-order valence-corrected chi connectivity index (χ1v) is 6.33. The highest BCUT2D eigenvalue weighted by Crippen LogP contribution is 2.24. The summed E-state index contributed by atoms with van der Waals surface area (Å²) in [5, 5.41) is 2.51. The van der Waals surface area contributed by atoms with Crippen molar-refractivity contribution in [3.8, 4) is 11.3 Å². The molecule has 0 bridgehead atoms. The lowest BCUT2D eigenvalue weighted by Crippen LogP contribution is -1.83. The number of hydrogen-bond donors (Lipinski definition) is 1. The van der Waals surface area contributed by atoms with Crippen LogP contribution in [-0.4, -0.2) is 4.98 Å². The van der Waals surface area contributed by atoms with Crippen molar-refractivity contribution in [3.05, 3.63) is 60.3 Å². The molecule has 2 heteroatoms. The maximum Gasteiger partial charge on any atom is 0.0703 e. The van der Waals surface area contributed by atoms with Crippen molar-refractivity contribution in [3.63, 3.8) is 0 Å². The van der Waals surface area contributed by atoms with Crippen molar-refractivity contribution in [2.24, 2.45) is 0 Å². The van der Waals surface area contributed by atoms with E-state index >= 15 is 0 Å². The second kappa shape index (κ2) is 4.46. The van der Waals surface area contributed by atoms with E-state index in [0.29, 0.717) is 0 Å². The summed E-state index contributed by atoms with van der Waals surface area (Å²) in [7, 11) is 0. The van der Waals surface area contributed by atoms with Crippen molar-refractivity contribution in [1.29, 1.82) is 0 Å². The summed E-state index contributed by atoms with van der Waals surface area (Å²) in [5.41, 5.74) is 3.41. The first kappa shape index (κ1) is 11.3. The molecule has 0 amide bonds. The van der Waals surface area contributed by atoms with Gasteiger partial charge in [0.15, 0.2) is 0 Å². The summed E-state index contributed by atoms with van der Waals surface area (Å²) >= 11 is 4.25. The molecular formula is C16H13NS. The minimum atomic E-state index is 0.884. The normalized spacial score (nSPS) is 10.8. The van der Waals surface area contributed by atoms with Gasteiger partial charge in [-0.3, -0.25) is 4.98 Å². The van der Waals surface area contributed by atoms with E-state index in [2.05, 4.69) is 60.9 Å². The summed E-state index contributed by atoms with van der Waals surface area (Å²) < 4.78 is 0. The molecule has 0 saturated carbocycles. The van der Waals surface area contributed by atoms with E-state index in [9.17, 15) is 0 Å². The Kier molecular flexibility index (Phi) is 2.80. The highest BCUT2D eigenvalue weighted by Gasteiger charge is 2.01. The second-order valence-electron chi connectivity index (χ2n) is 4.47. The topological polar surface area (TPSA) is 12.9 Å².